The summed E-state index contributed by atoms with van der Waals surface area (Å²) in [6.45, 7) is 0.809. The molecule has 4 nitrogen and oxygen atoms in total. The van der Waals surface area contributed by atoms with Crippen LogP contribution in [-0.4, -0.2) is 17.4 Å². The first-order chi connectivity index (χ1) is 9.29. The van der Waals surface area contributed by atoms with Gasteiger partial charge in [0.1, 0.15) is 5.69 Å². The topological polar surface area (TPSA) is 70.9 Å². The van der Waals surface area contributed by atoms with Gasteiger partial charge in [-0.1, -0.05) is 24.0 Å². The van der Waals surface area contributed by atoms with Crippen molar-refractivity contribution >= 4 is 5.91 Å². The second-order valence-corrected chi connectivity index (χ2v) is 3.97. The number of benzene rings is 1. The third kappa shape index (κ3) is 3.73. The smallest absolute Gasteiger partial charge is 0.267 e. The number of nitrogens with one attached hydrogen (secondary N) is 2. The number of hydrogen-bond acceptors (Lipinski definition) is 2. The molecule has 0 aliphatic carbocycles. The lowest BCUT2D eigenvalue weighted by molar-refractivity contribution is 0.0946. The number of H-pyrrole nitrogens is 1. The van der Waals surface area contributed by atoms with Gasteiger partial charge in [0.05, 0.1) is 6.54 Å². The van der Waals surface area contributed by atoms with Gasteiger partial charge < -0.3 is 16.0 Å². The molecule has 1 heterocycles. The van der Waals surface area contributed by atoms with Gasteiger partial charge >= 0.3 is 0 Å². The predicted octanol–water partition coefficient (Wildman–Crippen LogP) is 1.25. The Kier molecular flexibility index (Phi) is 4.38. The van der Waals surface area contributed by atoms with E-state index in [1.807, 2.05) is 24.3 Å². The Labute approximate surface area is 112 Å². The van der Waals surface area contributed by atoms with Crippen LogP contribution < -0.4 is 11.1 Å². The minimum atomic E-state index is -0.122. The Morgan fingerprint density at radius 2 is 2.21 bits per heavy atom. The number of carbonyl (C=O) groups is 1. The molecule has 1 aromatic carbocycles. The summed E-state index contributed by atoms with van der Waals surface area (Å²) in [5, 5.41) is 2.84. The van der Waals surface area contributed by atoms with Gasteiger partial charge in [-0.25, -0.2) is 0 Å². The molecule has 1 aromatic heterocycles. The summed E-state index contributed by atoms with van der Waals surface area (Å²) in [6.07, 6.45) is 1.72. The number of aromatic nitrogens is 1. The number of nitrogens with two attached hydrogens (primary N) is 1. The highest BCUT2D eigenvalue weighted by Crippen LogP contribution is 2.04. The van der Waals surface area contributed by atoms with Crippen LogP contribution in [0.4, 0.5) is 0 Å². The number of rotatable bonds is 3. The average Bonchev–Trinajstić information content (AvgIpc) is 2.97. The van der Waals surface area contributed by atoms with E-state index in [9.17, 15) is 4.79 Å². The zero-order chi connectivity index (χ0) is 13.5. The van der Waals surface area contributed by atoms with Crippen LogP contribution in [-0.2, 0) is 6.54 Å². The van der Waals surface area contributed by atoms with Crippen LogP contribution in [0.2, 0.25) is 0 Å². The molecule has 1 amide bonds. The molecule has 0 aliphatic heterocycles. The number of amides is 1. The summed E-state index contributed by atoms with van der Waals surface area (Å²) in [5.74, 6) is 5.65. The summed E-state index contributed by atoms with van der Waals surface area (Å²) in [5.41, 5.74) is 7.79. The Hall–Kier alpha value is -2.51. The molecule has 0 radical (unpaired) electrons. The third-order valence-corrected chi connectivity index (χ3v) is 2.56. The molecule has 0 unspecified atom stereocenters. The molecule has 96 valence electrons. The van der Waals surface area contributed by atoms with Crippen molar-refractivity contribution < 1.29 is 4.79 Å². The Bertz CT molecular complexity index is 606. The van der Waals surface area contributed by atoms with E-state index < -0.39 is 0 Å². The average molecular weight is 253 g/mol. The fourth-order valence-electron chi connectivity index (χ4n) is 1.66. The lowest BCUT2D eigenvalue weighted by atomic mass is 10.1. The van der Waals surface area contributed by atoms with Crippen molar-refractivity contribution in [3.05, 3.63) is 59.4 Å². The van der Waals surface area contributed by atoms with Crippen LogP contribution in [0.25, 0.3) is 0 Å². The minimum absolute atomic E-state index is 0.122. The molecular weight excluding hydrogens is 238 g/mol. The van der Waals surface area contributed by atoms with Crippen molar-refractivity contribution in [1.29, 1.82) is 0 Å². The molecule has 4 heteroatoms. The van der Waals surface area contributed by atoms with Crippen LogP contribution in [0.5, 0.6) is 0 Å². The van der Waals surface area contributed by atoms with Crippen LogP contribution >= 0.6 is 0 Å². The van der Waals surface area contributed by atoms with Gasteiger partial charge in [-0.2, -0.15) is 0 Å². The lowest BCUT2D eigenvalue weighted by Crippen LogP contribution is -2.23. The van der Waals surface area contributed by atoms with Crippen molar-refractivity contribution in [2.75, 3.05) is 6.54 Å². The largest absolute Gasteiger partial charge is 0.357 e. The zero-order valence-corrected chi connectivity index (χ0v) is 10.4. The van der Waals surface area contributed by atoms with Crippen molar-refractivity contribution in [1.82, 2.24) is 10.3 Å². The molecule has 19 heavy (non-hydrogen) atoms. The molecule has 2 rings (SSSR count). The van der Waals surface area contributed by atoms with Crippen molar-refractivity contribution in [2.45, 2.75) is 6.54 Å². The first kappa shape index (κ1) is 12.9. The van der Waals surface area contributed by atoms with Crippen molar-refractivity contribution in [3.63, 3.8) is 0 Å². The molecule has 0 fully saturated rings. The van der Waals surface area contributed by atoms with E-state index in [0.717, 1.165) is 11.1 Å². The van der Waals surface area contributed by atoms with Crippen LogP contribution in [0.15, 0.2) is 42.6 Å². The van der Waals surface area contributed by atoms with E-state index in [1.165, 1.54) is 0 Å². The Morgan fingerprint density at radius 1 is 1.32 bits per heavy atom. The van der Waals surface area contributed by atoms with Crippen LogP contribution in [0.3, 0.4) is 0 Å². The maximum atomic E-state index is 11.7. The Morgan fingerprint density at radius 3 is 2.95 bits per heavy atom. The van der Waals surface area contributed by atoms with E-state index in [0.29, 0.717) is 18.8 Å². The normalized spacial score (nSPS) is 9.53. The van der Waals surface area contributed by atoms with Crippen molar-refractivity contribution in [3.8, 4) is 11.8 Å². The van der Waals surface area contributed by atoms with Gasteiger partial charge in [-0.3, -0.25) is 4.79 Å². The number of aromatic amines is 1. The highest BCUT2D eigenvalue weighted by Gasteiger charge is 2.04. The zero-order valence-electron chi connectivity index (χ0n) is 10.4. The lowest BCUT2D eigenvalue weighted by Gasteiger charge is -2.04. The van der Waals surface area contributed by atoms with E-state index in [2.05, 4.69) is 22.1 Å². The summed E-state index contributed by atoms with van der Waals surface area (Å²) in [4.78, 5) is 14.6. The highest BCUT2D eigenvalue weighted by atomic mass is 16.1. The molecule has 0 atom stereocenters. The van der Waals surface area contributed by atoms with Gasteiger partial charge in [0, 0.05) is 18.3 Å². The predicted molar refractivity (Wildman–Crippen MR) is 74.3 cm³/mol. The maximum absolute atomic E-state index is 11.7. The first-order valence-electron chi connectivity index (χ1n) is 5.99. The first-order valence-corrected chi connectivity index (χ1v) is 5.99. The van der Waals surface area contributed by atoms with E-state index in [1.54, 1.807) is 18.3 Å². The maximum Gasteiger partial charge on any atom is 0.267 e. The summed E-state index contributed by atoms with van der Waals surface area (Å²) < 4.78 is 0. The highest BCUT2D eigenvalue weighted by molar-refractivity contribution is 5.92. The molecular formula is C15H15N3O. The van der Waals surface area contributed by atoms with Gasteiger partial charge in [0.25, 0.3) is 5.91 Å². The van der Waals surface area contributed by atoms with Gasteiger partial charge in [0.15, 0.2) is 0 Å². The molecule has 0 saturated heterocycles. The van der Waals surface area contributed by atoms with Gasteiger partial charge in [-0.05, 0) is 29.8 Å². The molecule has 0 aliphatic rings. The fourth-order valence-corrected chi connectivity index (χ4v) is 1.66. The second-order valence-electron chi connectivity index (χ2n) is 3.97. The van der Waals surface area contributed by atoms with Crippen molar-refractivity contribution in [2.24, 2.45) is 5.73 Å². The molecule has 0 bridgehead atoms. The quantitative estimate of drug-likeness (QED) is 0.721. The van der Waals surface area contributed by atoms with Gasteiger partial charge in [0.2, 0.25) is 0 Å². The fraction of sp³-hybridized carbons (Fsp3) is 0.133. The Balaban J connectivity index is 1.98. The standard InChI is InChI=1S/C15H15N3O/c16-8-2-6-12-4-1-5-13(10-12)11-18-15(19)14-7-3-9-17-14/h1,3-5,7,9-10,17H,8,11,16H2,(H,18,19). The second kappa shape index (κ2) is 6.43. The number of hydrogen-bond donors (Lipinski definition) is 3. The van der Waals surface area contributed by atoms with Gasteiger partial charge in [-0.15, -0.1) is 0 Å². The summed E-state index contributed by atoms with van der Waals surface area (Å²) in [6, 6.07) is 11.2. The third-order valence-electron chi connectivity index (χ3n) is 2.56. The molecule has 2 aromatic rings. The van der Waals surface area contributed by atoms with Crippen LogP contribution in [0, 0.1) is 11.8 Å². The van der Waals surface area contributed by atoms with E-state index in [-0.39, 0.29) is 5.91 Å². The molecule has 0 spiro atoms. The molecule has 4 N–H and O–H groups in total. The minimum Gasteiger partial charge on any atom is -0.357 e. The molecule has 0 saturated carbocycles. The van der Waals surface area contributed by atoms with Crippen LogP contribution in [0.1, 0.15) is 21.6 Å². The van der Waals surface area contributed by atoms with E-state index in [4.69, 9.17) is 5.73 Å². The summed E-state index contributed by atoms with van der Waals surface area (Å²) in [7, 11) is 0. The SMILES string of the molecule is NCC#Cc1cccc(CNC(=O)c2ccc[nH]2)c1. The number of carbonyl (C=O) groups excluding carboxylic acids is 1. The van der Waals surface area contributed by atoms with E-state index >= 15 is 0 Å². The summed E-state index contributed by atoms with van der Waals surface area (Å²) >= 11 is 0. The monoisotopic (exact) mass is 253 g/mol.